The van der Waals surface area contributed by atoms with Crippen LogP contribution in [0.1, 0.15) is 22.8 Å². The molecule has 0 aromatic heterocycles. The molecular weight excluding hydrogens is 339 g/mol. The molecule has 0 amide bonds. The van der Waals surface area contributed by atoms with Gasteiger partial charge in [-0.05, 0) is 64.8 Å². The van der Waals surface area contributed by atoms with Crippen molar-refractivity contribution >= 4 is 21.9 Å². The fourth-order valence-corrected chi connectivity index (χ4v) is 2.12. The van der Waals surface area contributed by atoms with E-state index < -0.39 is 0 Å². The zero-order valence-electron chi connectivity index (χ0n) is 11.4. The lowest BCUT2D eigenvalue weighted by molar-refractivity contribution is 0.0526. The molecule has 3 nitrogen and oxygen atoms in total. The smallest absolute Gasteiger partial charge is 0.338 e. The second-order valence-corrected chi connectivity index (χ2v) is 5.14. The van der Waals surface area contributed by atoms with Crippen LogP contribution < -0.4 is 4.74 Å². The van der Waals surface area contributed by atoms with E-state index in [9.17, 15) is 9.18 Å². The lowest BCUT2D eigenvalue weighted by Crippen LogP contribution is -2.04. The van der Waals surface area contributed by atoms with E-state index in [2.05, 4.69) is 15.9 Å². The third-order valence-corrected chi connectivity index (χ3v) is 3.36. The molecule has 2 aromatic rings. The third-order valence-electron chi connectivity index (χ3n) is 2.75. The highest BCUT2D eigenvalue weighted by Crippen LogP contribution is 2.19. The standard InChI is InChI=1S/C16H14BrFO3/c1-2-20-16(19)12-4-6-13(7-5-12)21-10-11-3-8-15(18)14(17)9-11/h3-9H,2,10H2,1H3. The van der Waals surface area contributed by atoms with Gasteiger partial charge < -0.3 is 9.47 Å². The molecule has 2 rings (SSSR count). The number of benzene rings is 2. The van der Waals surface area contributed by atoms with E-state index in [4.69, 9.17) is 9.47 Å². The van der Waals surface area contributed by atoms with E-state index in [1.807, 2.05) is 0 Å². The van der Waals surface area contributed by atoms with E-state index in [0.29, 0.717) is 29.0 Å². The number of carbonyl (C=O) groups excluding carboxylic acids is 1. The van der Waals surface area contributed by atoms with Gasteiger partial charge in [-0.2, -0.15) is 0 Å². The molecule has 0 aliphatic heterocycles. The van der Waals surface area contributed by atoms with Crippen molar-refractivity contribution in [2.75, 3.05) is 6.61 Å². The lowest BCUT2D eigenvalue weighted by Gasteiger charge is -2.08. The monoisotopic (exact) mass is 352 g/mol. The summed E-state index contributed by atoms with van der Waals surface area (Å²) >= 11 is 3.13. The van der Waals surface area contributed by atoms with Gasteiger partial charge in [0.2, 0.25) is 0 Å². The average molecular weight is 353 g/mol. The summed E-state index contributed by atoms with van der Waals surface area (Å²) in [6, 6.07) is 11.4. The van der Waals surface area contributed by atoms with E-state index in [1.165, 1.54) is 6.07 Å². The van der Waals surface area contributed by atoms with Crippen LogP contribution in [0.3, 0.4) is 0 Å². The summed E-state index contributed by atoms with van der Waals surface area (Å²) in [5, 5.41) is 0. The highest BCUT2D eigenvalue weighted by atomic mass is 79.9. The maximum atomic E-state index is 13.1. The van der Waals surface area contributed by atoms with Crippen LogP contribution in [0.4, 0.5) is 4.39 Å². The van der Waals surface area contributed by atoms with Gasteiger partial charge in [-0.25, -0.2) is 9.18 Å². The lowest BCUT2D eigenvalue weighted by atomic mass is 10.2. The first-order valence-corrected chi connectivity index (χ1v) is 7.23. The first-order valence-electron chi connectivity index (χ1n) is 6.44. The summed E-state index contributed by atoms with van der Waals surface area (Å²) in [4.78, 5) is 11.5. The summed E-state index contributed by atoms with van der Waals surface area (Å²) in [6.45, 7) is 2.42. The minimum Gasteiger partial charge on any atom is -0.489 e. The number of esters is 1. The molecule has 0 heterocycles. The molecule has 21 heavy (non-hydrogen) atoms. The molecule has 0 bridgehead atoms. The van der Waals surface area contributed by atoms with Crippen LogP contribution in [0.5, 0.6) is 5.75 Å². The summed E-state index contributed by atoms with van der Waals surface area (Å²) in [6.07, 6.45) is 0. The Hall–Kier alpha value is -1.88. The minimum absolute atomic E-state index is 0.308. The molecule has 2 aromatic carbocycles. The number of ether oxygens (including phenoxy) is 2. The van der Waals surface area contributed by atoms with Crippen LogP contribution in [-0.4, -0.2) is 12.6 Å². The van der Waals surface area contributed by atoms with Crippen LogP contribution in [-0.2, 0) is 11.3 Å². The van der Waals surface area contributed by atoms with Gasteiger partial charge in [0.05, 0.1) is 16.6 Å². The van der Waals surface area contributed by atoms with Crippen molar-refractivity contribution in [3.8, 4) is 5.75 Å². The Bertz CT molecular complexity index is 626. The van der Waals surface area contributed by atoms with Crippen molar-refractivity contribution in [2.24, 2.45) is 0 Å². The highest BCUT2D eigenvalue weighted by Gasteiger charge is 2.06. The van der Waals surface area contributed by atoms with E-state index in [1.54, 1.807) is 43.3 Å². The molecule has 0 fully saturated rings. The topological polar surface area (TPSA) is 35.5 Å². The Morgan fingerprint density at radius 1 is 1.19 bits per heavy atom. The molecule has 0 aliphatic carbocycles. The van der Waals surface area contributed by atoms with Crippen LogP contribution >= 0.6 is 15.9 Å². The van der Waals surface area contributed by atoms with Crippen molar-refractivity contribution in [3.63, 3.8) is 0 Å². The predicted octanol–water partition coefficient (Wildman–Crippen LogP) is 4.34. The maximum absolute atomic E-state index is 13.1. The number of hydrogen-bond acceptors (Lipinski definition) is 3. The second-order valence-electron chi connectivity index (χ2n) is 4.28. The summed E-state index contributed by atoms with van der Waals surface area (Å²) in [5.74, 6) is -0.0347. The van der Waals surface area contributed by atoms with Gasteiger partial charge in [-0.3, -0.25) is 0 Å². The molecule has 0 unspecified atom stereocenters. The predicted molar refractivity (Wildman–Crippen MR) is 80.8 cm³/mol. The van der Waals surface area contributed by atoms with Crippen molar-refractivity contribution in [3.05, 3.63) is 63.9 Å². The second kappa shape index (κ2) is 7.22. The number of hydrogen-bond donors (Lipinski definition) is 0. The zero-order valence-corrected chi connectivity index (χ0v) is 13.0. The first-order chi connectivity index (χ1) is 10.1. The fraction of sp³-hybridized carbons (Fsp3) is 0.188. The molecular formula is C16H14BrFO3. The van der Waals surface area contributed by atoms with Crippen LogP contribution in [0.15, 0.2) is 46.9 Å². The van der Waals surface area contributed by atoms with Crippen LogP contribution in [0, 0.1) is 5.82 Å². The Kier molecular flexibility index (Phi) is 5.33. The summed E-state index contributed by atoms with van der Waals surface area (Å²) in [5.41, 5.74) is 1.33. The molecule has 0 saturated heterocycles. The maximum Gasteiger partial charge on any atom is 0.338 e. The molecule has 0 atom stereocenters. The number of carbonyl (C=O) groups is 1. The van der Waals surface area contributed by atoms with Gasteiger partial charge in [0, 0.05) is 0 Å². The molecule has 5 heteroatoms. The van der Waals surface area contributed by atoms with Gasteiger partial charge in [0.15, 0.2) is 0 Å². The number of rotatable bonds is 5. The largest absolute Gasteiger partial charge is 0.489 e. The highest BCUT2D eigenvalue weighted by molar-refractivity contribution is 9.10. The van der Waals surface area contributed by atoms with Crippen molar-refractivity contribution in [2.45, 2.75) is 13.5 Å². The van der Waals surface area contributed by atoms with E-state index in [0.717, 1.165) is 5.56 Å². The average Bonchev–Trinajstić information content (AvgIpc) is 2.49. The van der Waals surface area contributed by atoms with Crippen molar-refractivity contribution < 1.29 is 18.7 Å². The van der Waals surface area contributed by atoms with Gasteiger partial charge in [-0.1, -0.05) is 6.07 Å². The Morgan fingerprint density at radius 2 is 1.90 bits per heavy atom. The first kappa shape index (κ1) is 15.5. The molecule has 0 saturated carbocycles. The Morgan fingerprint density at radius 3 is 2.52 bits per heavy atom. The van der Waals surface area contributed by atoms with Gasteiger partial charge in [0.25, 0.3) is 0 Å². The van der Waals surface area contributed by atoms with Crippen molar-refractivity contribution in [1.29, 1.82) is 0 Å². The third kappa shape index (κ3) is 4.29. The molecule has 0 radical (unpaired) electrons. The molecule has 0 N–H and O–H groups in total. The number of halogens is 2. The normalized spacial score (nSPS) is 10.2. The zero-order chi connectivity index (χ0) is 15.2. The molecule has 0 spiro atoms. The van der Waals surface area contributed by atoms with Gasteiger partial charge in [-0.15, -0.1) is 0 Å². The molecule has 0 aliphatic rings. The fourth-order valence-electron chi connectivity index (χ4n) is 1.70. The van der Waals surface area contributed by atoms with Gasteiger partial charge in [0.1, 0.15) is 18.2 Å². The van der Waals surface area contributed by atoms with Crippen LogP contribution in [0.25, 0.3) is 0 Å². The SMILES string of the molecule is CCOC(=O)c1ccc(OCc2ccc(F)c(Br)c2)cc1. The Labute approximate surface area is 130 Å². The Balaban J connectivity index is 1.97. The quantitative estimate of drug-likeness (QED) is 0.750. The van der Waals surface area contributed by atoms with E-state index >= 15 is 0 Å². The van der Waals surface area contributed by atoms with E-state index in [-0.39, 0.29) is 11.8 Å². The molecule has 110 valence electrons. The van der Waals surface area contributed by atoms with Gasteiger partial charge >= 0.3 is 5.97 Å². The van der Waals surface area contributed by atoms with Crippen molar-refractivity contribution in [1.82, 2.24) is 0 Å². The summed E-state index contributed by atoms with van der Waals surface area (Å²) in [7, 11) is 0. The van der Waals surface area contributed by atoms with Crippen LogP contribution in [0.2, 0.25) is 0 Å². The minimum atomic E-state index is -0.355. The summed E-state index contributed by atoms with van der Waals surface area (Å²) < 4.78 is 24.0.